The number of aromatic nitrogens is 1. The fourth-order valence-corrected chi connectivity index (χ4v) is 7.51. The van der Waals surface area contributed by atoms with Crippen molar-refractivity contribution in [2.24, 2.45) is 4.99 Å². The Balaban J connectivity index is 1.80. The molecule has 4 aromatic rings. The van der Waals surface area contributed by atoms with E-state index in [0.29, 0.717) is 26.4 Å². The van der Waals surface area contributed by atoms with Gasteiger partial charge in [0.25, 0.3) is 5.56 Å². The van der Waals surface area contributed by atoms with Gasteiger partial charge >= 0.3 is 5.97 Å². The summed E-state index contributed by atoms with van der Waals surface area (Å²) >= 11 is 9.99. The summed E-state index contributed by atoms with van der Waals surface area (Å²) in [5, 5.41) is 0. The number of halogens is 2. The van der Waals surface area contributed by atoms with Crippen molar-refractivity contribution in [1.29, 1.82) is 0 Å². The van der Waals surface area contributed by atoms with Crippen molar-refractivity contribution in [2.75, 3.05) is 20.0 Å². The van der Waals surface area contributed by atoms with Crippen LogP contribution in [0.15, 0.2) is 95.9 Å². The molecule has 0 amide bonds. The average molecular weight is 700 g/mol. The van der Waals surface area contributed by atoms with Crippen LogP contribution >= 0.6 is 55.0 Å². The van der Waals surface area contributed by atoms with E-state index in [2.05, 4.69) is 31.9 Å². The maximum Gasteiger partial charge on any atom is 0.338 e. The lowest BCUT2D eigenvalue weighted by Gasteiger charge is -2.26. The van der Waals surface area contributed by atoms with Crippen LogP contribution in [0.5, 0.6) is 5.75 Å². The van der Waals surface area contributed by atoms with Crippen molar-refractivity contribution in [3.63, 3.8) is 0 Å². The molecule has 0 spiro atoms. The van der Waals surface area contributed by atoms with Crippen molar-refractivity contribution in [3.05, 3.63) is 118 Å². The van der Waals surface area contributed by atoms with Gasteiger partial charge in [-0.2, -0.15) is 0 Å². The van der Waals surface area contributed by atoms with E-state index in [0.717, 1.165) is 30.5 Å². The monoisotopic (exact) mass is 698 g/mol. The minimum Gasteiger partial charge on any atom is -0.494 e. The smallest absolute Gasteiger partial charge is 0.338 e. The molecule has 6 nitrogen and oxygen atoms in total. The summed E-state index contributed by atoms with van der Waals surface area (Å²) in [6.45, 7) is 1.97. The molecule has 1 aliphatic rings. The number of rotatable bonds is 7. The molecule has 0 unspecified atom stereocenters. The van der Waals surface area contributed by atoms with E-state index in [1.807, 2.05) is 79.1 Å². The normalized spacial score (nSPS) is 15.0. The third kappa shape index (κ3) is 5.50. The highest BCUT2D eigenvalue weighted by Crippen LogP contribution is 2.36. The SMILES string of the molecule is CCOC(=O)C1=C(c2ccccc2)N=c2s/c(=C\c3cc(Br)c(OC)c(Br)c3)c(=O)n2[C@@H]1c1ccc(SC)cc1. The van der Waals surface area contributed by atoms with Gasteiger partial charge in [0.05, 0.1) is 44.5 Å². The van der Waals surface area contributed by atoms with E-state index in [1.165, 1.54) is 11.3 Å². The van der Waals surface area contributed by atoms with Crippen molar-refractivity contribution in [3.8, 4) is 5.75 Å². The molecule has 10 heteroatoms. The fourth-order valence-electron chi connectivity index (χ4n) is 4.55. The Morgan fingerprint density at radius 2 is 1.77 bits per heavy atom. The number of benzene rings is 3. The number of thioether (sulfide) groups is 1. The number of fused-ring (bicyclic) bond motifs is 1. The van der Waals surface area contributed by atoms with Crippen molar-refractivity contribution in [1.82, 2.24) is 4.57 Å². The van der Waals surface area contributed by atoms with Crippen LogP contribution in [0.3, 0.4) is 0 Å². The topological polar surface area (TPSA) is 69.9 Å². The lowest BCUT2D eigenvalue weighted by atomic mass is 9.93. The van der Waals surface area contributed by atoms with Crippen molar-refractivity contribution >= 4 is 72.7 Å². The third-order valence-corrected chi connectivity index (χ3v) is 9.23. The minimum absolute atomic E-state index is 0.203. The molecule has 0 radical (unpaired) electrons. The molecule has 40 heavy (non-hydrogen) atoms. The largest absolute Gasteiger partial charge is 0.494 e. The molecule has 2 heterocycles. The summed E-state index contributed by atoms with van der Waals surface area (Å²) in [6, 6.07) is 20.5. The quantitative estimate of drug-likeness (QED) is 0.170. The second kappa shape index (κ2) is 12.3. The van der Waals surface area contributed by atoms with Crippen LogP contribution < -0.4 is 19.6 Å². The molecular weight excluding hydrogens is 676 g/mol. The Hall–Kier alpha value is -2.92. The number of hydrogen-bond donors (Lipinski definition) is 0. The predicted molar refractivity (Wildman–Crippen MR) is 168 cm³/mol. The summed E-state index contributed by atoms with van der Waals surface area (Å²) in [6.07, 6.45) is 3.83. The van der Waals surface area contributed by atoms with Gasteiger partial charge in [0.1, 0.15) is 5.75 Å². The van der Waals surface area contributed by atoms with E-state index < -0.39 is 12.0 Å². The van der Waals surface area contributed by atoms with Crippen LogP contribution in [-0.2, 0) is 9.53 Å². The summed E-state index contributed by atoms with van der Waals surface area (Å²) in [4.78, 5) is 34.1. The zero-order valence-corrected chi connectivity index (χ0v) is 26.6. The van der Waals surface area contributed by atoms with Gasteiger partial charge in [-0.3, -0.25) is 9.36 Å². The van der Waals surface area contributed by atoms with Crippen molar-refractivity contribution < 1.29 is 14.3 Å². The molecule has 0 fully saturated rings. The number of esters is 1. The first-order chi connectivity index (χ1) is 19.4. The fraction of sp³-hybridized carbons (Fsp3) is 0.167. The number of methoxy groups -OCH3 is 1. The average Bonchev–Trinajstić information content (AvgIpc) is 3.27. The molecule has 0 bridgehead atoms. The summed E-state index contributed by atoms with van der Waals surface area (Å²) in [7, 11) is 1.60. The maximum absolute atomic E-state index is 14.0. The second-order valence-electron chi connectivity index (χ2n) is 8.72. The Morgan fingerprint density at radius 3 is 2.38 bits per heavy atom. The molecule has 3 aromatic carbocycles. The Kier molecular flexibility index (Phi) is 8.80. The highest BCUT2D eigenvalue weighted by Gasteiger charge is 2.35. The molecule has 0 saturated heterocycles. The third-order valence-electron chi connectivity index (χ3n) is 6.33. The highest BCUT2D eigenvalue weighted by atomic mass is 79.9. The van der Waals surface area contributed by atoms with Crippen LogP contribution in [0.25, 0.3) is 11.8 Å². The summed E-state index contributed by atoms with van der Waals surface area (Å²) in [5.74, 6) is 0.167. The molecule has 0 N–H and O–H groups in total. The molecule has 0 saturated carbocycles. The molecule has 1 aliphatic heterocycles. The van der Waals surface area contributed by atoms with Gasteiger partial charge < -0.3 is 9.47 Å². The first kappa shape index (κ1) is 28.6. The summed E-state index contributed by atoms with van der Waals surface area (Å²) in [5.41, 5.74) is 2.97. The number of hydrogen-bond acceptors (Lipinski definition) is 7. The van der Waals surface area contributed by atoms with Gasteiger partial charge in [-0.25, -0.2) is 9.79 Å². The number of carbonyl (C=O) groups is 1. The van der Waals surface area contributed by atoms with Gasteiger partial charge in [-0.1, -0.05) is 53.8 Å². The van der Waals surface area contributed by atoms with Crippen molar-refractivity contribution in [2.45, 2.75) is 17.9 Å². The molecule has 204 valence electrons. The molecule has 0 aliphatic carbocycles. The zero-order valence-electron chi connectivity index (χ0n) is 21.8. The van der Waals surface area contributed by atoms with Gasteiger partial charge in [0.15, 0.2) is 4.80 Å². The number of carbonyl (C=O) groups excluding carboxylic acids is 1. The Labute approximate surface area is 256 Å². The Morgan fingerprint density at radius 1 is 1.10 bits per heavy atom. The first-order valence-electron chi connectivity index (χ1n) is 12.3. The van der Waals surface area contributed by atoms with Crippen LogP contribution in [0.1, 0.15) is 29.7 Å². The first-order valence-corrected chi connectivity index (χ1v) is 15.9. The van der Waals surface area contributed by atoms with Crippen LogP contribution in [0.4, 0.5) is 0 Å². The van der Waals surface area contributed by atoms with Gasteiger partial charge in [0.2, 0.25) is 0 Å². The lowest BCUT2D eigenvalue weighted by molar-refractivity contribution is -0.138. The van der Waals surface area contributed by atoms with Crippen LogP contribution in [0.2, 0.25) is 0 Å². The molecule has 1 atom stereocenters. The zero-order chi connectivity index (χ0) is 28.4. The Bertz CT molecular complexity index is 1770. The van der Waals surface area contributed by atoms with E-state index in [1.54, 1.807) is 30.4 Å². The standard InChI is InChI=1S/C30H24Br2N2O4S2/c1-4-38-29(36)24-25(18-8-6-5-7-9-18)33-30-34(26(24)19-10-12-20(39-3)13-11-19)28(35)23(40-30)16-17-14-21(31)27(37-2)22(32)15-17/h5-16,26H,4H2,1-3H3/b23-16-/t26-/m1/s1. The van der Waals surface area contributed by atoms with Crippen LogP contribution in [0, 0.1) is 0 Å². The molecule has 5 rings (SSSR count). The predicted octanol–water partition coefficient (Wildman–Crippen LogP) is 6.19. The lowest BCUT2D eigenvalue weighted by Crippen LogP contribution is -2.40. The van der Waals surface area contributed by atoms with Gasteiger partial charge in [0, 0.05) is 10.5 Å². The molecule has 1 aromatic heterocycles. The van der Waals surface area contributed by atoms with E-state index in [4.69, 9.17) is 14.5 Å². The number of nitrogens with zero attached hydrogens (tertiary/aromatic N) is 2. The maximum atomic E-state index is 14.0. The van der Waals surface area contributed by atoms with Gasteiger partial charge in [-0.15, -0.1) is 11.8 Å². The highest BCUT2D eigenvalue weighted by molar-refractivity contribution is 9.11. The van der Waals surface area contributed by atoms with E-state index >= 15 is 0 Å². The van der Waals surface area contributed by atoms with E-state index in [9.17, 15) is 9.59 Å². The van der Waals surface area contributed by atoms with E-state index in [-0.39, 0.29) is 12.2 Å². The number of thiazole rings is 1. The minimum atomic E-state index is -0.710. The number of ether oxygens (including phenoxy) is 2. The molecular formula is C30H24Br2N2O4S2. The van der Waals surface area contributed by atoms with Gasteiger partial charge in [-0.05, 0) is 86.5 Å². The second-order valence-corrected chi connectivity index (χ2v) is 12.3. The summed E-state index contributed by atoms with van der Waals surface area (Å²) < 4.78 is 14.6. The van der Waals surface area contributed by atoms with Crippen LogP contribution in [-0.4, -0.2) is 30.5 Å².